The van der Waals surface area contributed by atoms with Gasteiger partial charge in [0.1, 0.15) is 5.69 Å². The summed E-state index contributed by atoms with van der Waals surface area (Å²) in [5, 5.41) is 17.4. The van der Waals surface area contributed by atoms with Crippen molar-refractivity contribution < 1.29 is 14.3 Å². The molecule has 20 heavy (non-hydrogen) atoms. The number of carboxylic acid groups (broad SMARTS) is 1. The molecule has 1 unspecified atom stereocenters. The molecule has 3 heterocycles. The summed E-state index contributed by atoms with van der Waals surface area (Å²) in [6.07, 6.45) is 3.18. The minimum absolute atomic E-state index is 0.324. The van der Waals surface area contributed by atoms with Crippen molar-refractivity contribution in [2.75, 3.05) is 18.0 Å². The lowest BCUT2D eigenvalue weighted by molar-refractivity contribution is -0.141. The molecule has 0 aliphatic carbocycles. The Labute approximate surface area is 116 Å². The fraction of sp³-hybridized carbons (Fsp3) is 0.357. The maximum atomic E-state index is 11.1. The average molecular weight is 273 g/mol. The van der Waals surface area contributed by atoms with Crippen LogP contribution in [0.5, 0.6) is 0 Å². The van der Waals surface area contributed by atoms with E-state index < -0.39 is 5.97 Å². The van der Waals surface area contributed by atoms with E-state index in [1.54, 1.807) is 12.3 Å². The fourth-order valence-electron chi connectivity index (χ4n) is 2.44. The fourth-order valence-corrected chi connectivity index (χ4v) is 2.44. The number of hydrogen-bond acceptors (Lipinski definition) is 5. The minimum Gasteiger partial charge on any atom is -0.481 e. The molecule has 1 aliphatic rings. The van der Waals surface area contributed by atoms with Crippen molar-refractivity contribution in [3.63, 3.8) is 0 Å². The first-order valence-corrected chi connectivity index (χ1v) is 6.59. The van der Waals surface area contributed by atoms with Crippen molar-refractivity contribution in [1.29, 1.82) is 0 Å². The van der Waals surface area contributed by atoms with Gasteiger partial charge >= 0.3 is 5.97 Å². The Morgan fingerprint density at radius 2 is 2.25 bits per heavy atom. The van der Waals surface area contributed by atoms with E-state index in [2.05, 4.69) is 10.2 Å². The second kappa shape index (κ2) is 5.32. The lowest BCUT2D eigenvalue weighted by atomic mass is 9.98. The summed E-state index contributed by atoms with van der Waals surface area (Å²) in [6, 6.07) is 7.32. The van der Waals surface area contributed by atoms with E-state index in [-0.39, 0.29) is 5.92 Å². The third-order valence-electron chi connectivity index (χ3n) is 3.52. The van der Waals surface area contributed by atoms with Crippen LogP contribution in [0, 0.1) is 5.92 Å². The first kappa shape index (κ1) is 12.7. The molecule has 0 aromatic carbocycles. The van der Waals surface area contributed by atoms with Crippen LogP contribution in [0.4, 0.5) is 5.82 Å². The molecule has 2 aromatic heterocycles. The molecular weight excluding hydrogens is 258 g/mol. The predicted octanol–water partition coefficient (Wildman–Crippen LogP) is 2.04. The van der Waals surface area contributed by atoms with Gasteiger partial charge in [-0.25, -0.2) is 0 Å². The smallest absolute Gasteiger partial charge is 0.308 e. The number of piperidine rings is 1. The topological polar surface area (TPSA) is 79.5 Å². The summed E-state index contributed by atoms with van der Waals surface area (Å²) in [4.78, 5) is 13.0. The van der Waals surface area contributed by atoms with Crippen LogP contribution in [0.1, 0.15) is 12.8 Å². The molecule has 1 atom stereocenters. The number of carboxylic acids is 1. The number of nitrogens with zero attached hydrogens (tertiary/aromatic N) is 3. The van der Waals surface area contributed by atoms with Gasteiger partial charge in [0.2, 0.25) is 0 Å². The van der Waals surface area contributed by atoms with E-state index in [0.29, 0.717) is 23.8 Å². The van der Waals surface area contributed by atoms with Crippen molar-refractivity contribution in [2.45, 2.75) is 12.8 Å². The molecule has 1 N–H and O–H groups in total. The Kier molecular flexibility index (Phi) is 3.37. The van der Waals surface area contributed by atoms with Gasteiger partial charge in [-0.1, -0.05) is 0 Å². The molecule has 0 spiro atoms. The Balaban J connectivity index is 1.76. The first-order valence-electron chi connectivity index (χ1n) is 6.59. The first-order chi connectivity index (χ1) is 9.74. The lowest BCUT2D eigenvalue weighted by Crippen LogP contribution is -2.39. The van der Waals surface area contributed by atoms with E-state index in [9.17, 15) is 4.79 Å². The molecule has 3 rings (SSSR count). The van der Waals surface area contributed by atoms with E-state index in [0.717, 1.165) is 19.4 Å². The van der Waals surface area contributed by atoms with Gasteiger partial charge in [0.05, 0.1) is 12.2 Å². The molecular formula is C14H15N3O3. The van der Waals surface area contributed by atoms with Crippen LogP contribution < -0.4 is 4.90 Å². The molecule has 1 aliphatic heterocycles. The number of anilines is 1. The van der Waals surface area contributed by atoms with Gasteiger partial charge in [-0.15, -0.1) is 10.2 Å². The van der Waals surface area contributed by atoms with Gasteiger partial charge in [-0.2, -0.15) is 0 Å². The number of rotatable bonds is 3. The van der Waals surface area contributed by atoms with Gasteiger partial charge in [-0.3, -0.25) is 4.79 Å². The third kappa shape index (κ3) is 2.49. The molecule has 0 radical (unpaired) electrons. The highest BCUT2D eigenvalue weighted by Crippen LogP contribution is 2.23. The van der Waals surface area contributed by atoms with Gasteiger partial charge in [0, 0.05) is 13.1 Å². The molecule has 1 fully saturated rings. The number of aromatic nitrogens is 2. The maximum absolute atomic E-state index is 11.1. The Bertz CT molecular complexity index is 580. The molecule has 1 saturated heterocycles. The van der Waals surface area contributed by atoms with Crippen molar-refractivity contribution in [1.82, 2.24) is 10.2 Å². The second-order valence-corrected chi connectivity index (χ2v) is 4.88. The zero-order valence-corrected chi connectivity index (χ0v) is 10.9. The Hall–Kier alpha value is -2.37. The molecule has 104 valence electrons. The number of aliphatic carboxylic acids is 1. The zero-order chi connectivity index (χ0) is 13.9. The molecule has 6 nitrogen and oxygen atoms in total. The summed E-state index contributed by atoms with van der Waals surface area (Å²) in [5.41, 5.74) is 0.672. The van der Waals surface area contributed by atoms with Crippen LogP contribution in [0.3, 0.4) is 0 Å². The lowest BCUT2D eigenvalue weighted by Gasteiger charge is -2.31. The van der Waals surface area contributed by atoms with Crippen molar-refractivity contribution in [3.8, 4) is 11.5 Å². The number of carbonyl (C=O) groups is 1. The summed E-state index contributed by atoms with van der Waals surface area (Å²) < 4.78 is 5.26. The summed E-state index contributed by atoms with van der Waals surface area (Å²) in [5.74, 6) is 0.322. The number of hydrogen-bond donors (Lipinski definition) is 1. The van der Waals surface area contributed by atoms with Crippen LogP contribution in [-0.4, -0.2) is 34.4 Å². The van der Waals surface area contributed by atoms with Crippen molar-refractivity contribution in [2.24, 2.45) is 5.92 Å². The summed E-state index contributed by atoms with van der Waals surface area (Å²) in [6.45, 7) is 1.31. The highest BCUT2D eigenvalue weighted by molar-refractivity contribution is 5.71. The molecule has 0 amide bonds. The van der Waals surface area contributed by atoms with Crippen molar-refractivity contribution >= 4 is 11.8 Å². The van der Waals surface area contributed by atoms with Crippen LogP contribution in [0.15, 0.2) is 34.9 Å². The van der Waals surface area contributed by atoms with E-state index in [1.807, 2.05) is 23.1 Å². The maximum Gasteiger partial charge on any atom is 0.308 e. The monoisotopic (exact) mass is 273 g/mol. The quantitative estimate of drug-likeness (QED) is 0.921. The molecule has 2 aromatic rings. The van der Waals surface area contributed by atoms with E-state index in [1.165, 1.54) is 0 Å². The van der Waals surface area contributed by atoms with Crippen LogP contribution >= 0.6 is 0 Å². The SMILES string of the molecule is O=C(O)C1CCCN(c2ccc(-c3ccco3)nn2)C1. The highest BCUT2D eigenvalue weighted by Gasteiger charge is 2.26. The van der Waals surface area contributed by atoms with Gasteiger partial charge < -0.3 is 14.4 Å². The molecule has 0 bridgehead atoms. The Morgan fingerprint density at radius 1 is 1.35 bits per heavy atom. The van der Waals surface area contributed by atoms with Gasteiger partial charge in [0.15, 0.2) is 11.6 Å². The average Bonchev–Trinajstić information content (AvgIpc) is 3.02. The zero-order valence-electron chi connectivity index (χ0n) is 10.9. The van der Waals surface area contributed by atoms with Crippen LogP contribution in [0.25, 0.3) is 11.5 Å². The molecule has 6 heteroatoms. The van der Waals surface area contributed by atoms with Gasteiger partial charge in [0.25, 0.3) is 0 Å². The largest absolute Gasteiger partial charge is 0.481 e. The highest BCUT2D eigenvalue weighted by atomic mass is 16.4. The standard InChI is InChI=1S/C14H15N3O3/c18-14(19)10-3-1-7-17(9-10)13-6-5-11(15-16-13)12-4-2-8-20-12/h2,4-6,8,10H,1,3,7,9H2,(H,18,19). The molecule has 0 saturated carbocycles. The van der Waals surface area contributed by atoms with Crippen molar-refractivity contribution in [3.05, 3.63) is 30.5 Å². The summed E-state index contributed by atoms with van der Waals surface area (Å²) in [7, 11) is 0. The third-order valence-corrected chi connectivity index (χ3v) is 3.52. The van der Waals surface area contributed by atoms with E-state index in [4.69, 9.17) is 9.52 Å². The summed E-state index contributed by atoms with van der Waals surface area (Å²) >= 11 is 0. The number of furan rings is 1. The van der Waals surface area contributed by atoms with E-state index >= 15 is 0 Å². The predicted molar refractivity (Wildman–Crippen MR) is 72.3 cm³/mol. The second-order valence-electron chi connectivity index (χ2n) is 4.88. The van der Waals surface area contributed by atoms with Crippen LogP contribution in [0.2, 0.25) is 0 Å². The Morgan fingerprint density at radius 3 is 2.90 bits per heavy atom. The normalized spacial score (nSPS) is 19.0. The minimum atomic E-state index is -0.741. The van der Waals surface area contributed by atoms with Gasteiger partial charge in [-0.05, 0) is 37.1 Å². The van der Waals surface area contributed by atoms with Crippen LogP contribution in [-0.2, 0) is 4.79 Å².